The van der Waals surface area contributed by atoms with Gasteiger partial charge in [0.05, 0.1) is 13.7 Å². The third kappa shape index (κ3) is 5.84. The zero-order valence-corrected chi connectivity index (χ0v) is 24.1. The minimum absolute atomic E-state index is 0.0214. The van der Waals surface area contributed by atoms with Crippen LogP contribution in [-0.4, -0.2) is 31.6 Å². The number of carbonyl (C=O) groups excluding carboxylic acids is 2. The lowest BCUT2D eigenvalue weighted by atomic mass is 9.78. The van der Waals surface area contributed by atoms with E-state index in [2.05, 4.69) is 5.32 Å². The van der Waals surface area contributed by atoms with Crippen LogP contribution in [0.15, 0.2) is 42.1 Å². The molecule has 0 aromatic heterocycles. The zero-order chi connectivity index (χ0) is 31.1. The average Bonchev–Trinajstić information content (AvgIpc) is 3.51. The molecule has 3 aliphatic rings. The smallest absolute Gasteiger partial charge is 0.413 e. The van der Waals surface area contributed by atoms with Gasteiger partial charge in [-0.25, -0.2) is 4.39 Å². The highest BCUT2D eigenvalue weighted by atomic mass is 19.4. The topological polar surface area (TPSA) is 64.6 Å². The number of fused-ring (bicyclic) bond motifs is 1. The standard InChI is InChI=1S/C33H32F5NO4/c1-32(2)25(22-9-10-26(42-3)24-16-20(15-23(22)24)33(36,37)38)14-18(31(32)41)6-4-5-13-43-27-11-8-21(29(34)30(27)35)19-7-12-28(40)39-17-19/h8-11,14,16-18H,4-7,12-13,15H2,1-3H3,(H,39,40). The van der Waals surface area contributed by atoms with Crippen molar-refractivity contribution < 1.29 is 41.0 Å². The number of hydrogen-bond acceptors (Lipinski definition) is 4. The Kier molecular flexibility index (Phi) is 8.24. The van der Waals surface area contributed by atoms with E-state index >= 15 is 0 Å². The molecule has 1 atom stereocenters. The normalized spacial score (nSPS) is 19.4. The fourth-order valence-corrected chi connectivity index (χ4v) is 6.05. The van der Waals surface area contributed by atoms with E-state index in [0.29, 0.717) is 59.3 Å². The number of carbonyl (C=O) groups is 2. The molecule has 0 bridgehead atoms. The third-order valence-electron chi connectivity index (χ3n) is 8.46. The van der Waals surface area contributed by atoms with Crippen LogP contribution in [0.4, 0.5) is 22.0 Å². The van der Waals surface area contributed by atoms with Gasteiger partial charge in [-0.2, -0.15) is 17.6 Å². The average molecular weight is 602 g/mol. The Hall–Kier alpha value is -3.95. The monoisotopic (exact) mass is 601 g/mol. The number of amides is 1. The lowest BCUT2D eigenvalue weighted by molar-refractivity contribution is -0.126. The largest absolute Gasteiger partial charge is 0.496 e. The molecule has 5 rings (SSSR count). The molecule has 2 aliphatic carbocycles. The zero-order valence-electron chi connectivity index (χ0n) is 24.1. The van der Waals surface area contributed by atoms with E-state index in [1.165, 1.54) is 25.4 Å². The summed E-state index contributed by atoms with van der Waals surface area (Å²) in [5.74, 6) is -2.65. The van der Waals surface area contributed by atoms with Gasteiger partial charge in [0.1, 0.15) is 11.5 Å². The summed E-state index contributed by atoms with van der Waals surface area (Å²) in [6, 6.07) is 6.14. The number of unbranched alkanes of at least 4 members (excludes halogenated alkanes) is 1. The van der Waals surface area contributed by atoms with E-state index in [4.69, 9.17) is 9.47 Å². The van der Waals surface area contributed by atoms with Crippen LogP contribution in [0.2, 0.25) is 0 Å². The van der Waals surface area contributed by atoms with E-state index in [9.17, 15) is 31.5 Å². The highest BCUT2D eigenvalue weighted by molar-refractivity contribution is 6.05. The molecule has 1 N–H and O–H groups in total. The highest BCUT2D eigenvalue weighted by Crippen LogP contribution is 2.50. The first-order valence-electron chi connectivity index (χ1n) is 14.2. The summed E-state index contributed by atoms with van der Waals surface area (Å²) in [6.45, 7) is 3.67. The number of alkyl halides is 3. The summed E-state index contributed by atoms with van der Waals surface area (Å²) in [7, 11) is 1.41. The van der Waals surface area contributed by atoms with E-state index in [1.54, 1.807) is 26.0 Å². The molecule has 1 heterocycles. The Morgan fingerprint density at radius 3 is 2.37 bits per heavy atom. The predicted molar refractivity (Wildman–Crippen MR) is 152 cm³/mol. The first kappa shape index (κ1) is 30.5. The van der Waals surface area contributed by atoms with Gasteiger partial charge < -0.3 is 14.8 Å². The third-order valence-corrected chi connectivity index (χ3v) is 8.46. The van der Waals surface area contributed by atoms with Gasteiger partial charge in [-0.1, -0.05) is 12.1 Å². The van der Waals surface area contributed by atoms with Crippen LogP contribution in [0.3, 0.4) is 0 Å². The molecular formula is C33H32F5NO4. The SMILES string of the molecule is COc1ccc(C2=CC(CCCCOc3ccc(C4=CNC(=O)CC4)c(F)c3F)C(=O)C2(C)C)c2c1C=C(C(F)(F)F)C2. The number of hydrogen-bond donors (Lipinski definition) is 1. The fourth-order valence-electron chi connectivity index (χ4n) is 6.05. The van der Waals surface area contributed by atoms with Crippen molar-refractivity contribution >= 4 is 28.9 Å². The van der Waals surface area contributed by atoms with Crippen molar-refractivity contribution in [1.82, 2.24) is 5.32 Å². The second kappa shape index (κ2) is 11.6. The number of ether oxygens (including phenoxy) is 2. The maximum atomic E-state index is 14.7. The first-order valence-corrected chi connectivity index (χ1v) is 14.2. The number of nitrogens with one attached hydrogen (secondary N) is 1. The number of Topliss-reactive ketones (excluding diaryl/α,β-unsaturated/α-hetero) is 1. The minimum Gasteiger partial charge on any atom is -0.496 e. The second-order valence-electron chi connectivity index (χ2n) is 11.5. The lowest BCUT2D eigenvalue weighted by Crippen LogP contribution is -2.25. The van der Waals surface area contributed by atoms with Crippen LogP contribution < -0.4 is 14.8 Å². The van der Waals surface area contributed by atoms with Crippen LogP contribution >= 0.6 is 0 Å². The molecular weight excluding hydrogens is 569 g/mol. The number of benzene rings is 2. The van der Waals surface area contributed by atoms with Crippen molar-refractivity contribution in [1.29, 1.82) is 0 Å². The van der Waals surface area contributed by atoms with Crippen molar-refractivity contribution in [3.05, 3.63) is 76.0 Å². The number of rotatable bonds is 9. The summed E-state index contributed by atoms with van der Waals surface area (Å²) in [5.41, 5.74) is 1.21. The highest BCUT2D eigenvalue weighted by Gasteiger charge is 2.44. The molecule has 43 heavy (non-hydrogen) atoms. The first-order chi connectivity index (χ1) is 20.3. The molecule has 0 spiro atoms. The van der Waals surface area contributed by atoms with Crippen molar-refractivity contribution in [3.8, 4) is 11.5 Å². The lowest BCUT2D eigenvalue weighted by Gasteiger charge is -2.24. The molecule has 2 aromatic rings. The van der Waals surface area contributed by atoms with Gasteiger partial charge in [-0.15, -0.1) is 0 Å². The number of halogens is 5. The van der Waals surface area contributed by atoms with E-state index in [1.807, 2.05) is 6.08 Å². The van der Waals surface area contributed by atoms with Gasteiger partial charge in [-0.3, -0.25) is 9.59 Å². The quantitative estimate of drug-likeness (QED) is 0.238. The van der Waals surface area contributed by atoms with Gasteiger partial charge in [-0.05, 0) is 86.1 Å². The van der Waals surface area contributed by atoms with Crippen molar-refractivity contribution in [2.75, 3.05) is 13.7 Å². The predicted octanol–water partition coefficient (Wildman–Crippen LogP) is 7.58. The number of methoxy groups -OCH3 is 1. The molecule has 0 radical (unpaired) electrons. The van der Waals surface area contributed by atoms with Crippen molar-refractivity contribution in [3.63, 3.8) is 0 Å². The molecule has 5 nitrogen and oxygen atoms in total. The molecule has 10 heteroatoms. The Bertz CT molecular complexity index is 1570. The second-order valence-corrected chi connectivity index (χ2v) is 11.5. The molecule has 0 saturated carbocycles. The number of ketones is 1. The van der Waals surface area contributed by atoms with Crippen molar-refractivity contribution in [2.24, 2.45) is 11.3 Å². The summed E-state index contributed by atoms with van der Waals surface area (Å²) in [5, 5.41) is 2.51. The molecule has 1 unspecified atom stereocenters. The van der Waals surface area contributed by atoms with E-state index in [-0.39, 0.29) is 42.5 Å². The number of allylic oxidation sites excluding steroid dienone is 4. The summed E-state index contributed by atoms with van der Waals surface area (Å²) in [4.78, 5) is 24.7. The molecule has 0 fully saturated rings. The van der Waals surface area contributed by atoms with Crippen LogP contribution in [-0.2, 0) is 16.0 Å². The maximum Gasteiger partial charge on any atom is 0.413 e. The maximum absolute atomic E-state index is 14.7. The van der Waals surface area contributed by atoms with Gasteiger partial charge >= 0.3 is 6.18 Å². The molecule has 228 valence electrons. The fraction of sp³-hybridized carbons (Fsp3) is 0.394. The summed E-state index contributed by atoms with van der Waals surface area (Å²) >= 11 is 0. The van der Waals surface area contributed by atoms with Crippen LogP contribution in [0.25, 0.3) is 17.2 Å². The van der Waals surface area contributed by atoms with E-state index in [0.717, 1.165) is 6.08 Å². The van der Waals surface area contributed by atoms with Crippen LogP contribution in [0.1, 0.15) is 68.2 Å². The molecule has 1 aliphatic heterocycles. The summed E-state index contributed by atoms with van der Waals surface area (Å²) < 4.78 is 80.9. The molecule has 0 saturated heterocycles. The molecule has 2 aromatic carbocycles. The van der Waals surface area contributed by atoms with Gasteiger partial charge in [0.25, 0.3) is 0 Å². The van der Waals surface area contributed by atoms with E-state index < -0.39 is 34.7 Å². The van der Waals surface area contributed by atoms with Gasteiger partial charge in [0.15, 0.2) is 11.6 Å². The minimum atomic E-state index is -4.47. The van der Waals surface area contributed by atoms with Gasteiger partial charge in [0, 0.05) is 47.1 Å². The van der Waals surface area contributed by atoms with Gasteiger partial charge in [0.2, 0.25) is 11.7 Å². The summed E-state index contributed by atoms with van der Waals surface area (Å²) in [6.07, 6.45) is 1.62. The van der Waals surface area contributed by atoms with Crippen LogP contribution in [0, 0.1) is 23.0 Å². The van der Waals surface area contributed by atoms with Crippen molar-refractivity contribution in [2.45, 2.75) is 58.5 Å². The van der Waals surface area contributed by atoms with Crippen LogP contribution in [0.5, 0.6) is 11.5 Å². The Morgan fingerprint density at radius 2 is 1.70 bits per heavy atom. The Balaban J connectivity index is 1.23. The Labute approximate surface area is 246 Å². The molecule has 1 amide bonds. The Morgan fingerprint density at radius 1 is 0.977 bits per heavy atom.